The van der Waals surface area contributed by atoms with Gasteiger partial charge in [0.25, 0.3) is 0 Å². The van der Waals surface area contributed by atoms with Crippen LogP contribution in [-0.2, 0) is 16.1 Å². The Hall–Kier alpha value is -2.62. The largest absolute Gasteiger partial charge is 0.338 e. The van der Waals surface area contributed by atoms with Gasteiger partial charge in [-0.2, -0.15) is 0 Å². The molecule has 2 atom stereocenters. The van der Waals surface area contributed by atoms with Gasteiger partial charge in [0, 0.05) is 33.0 Å². The Morgan fingerprint density at radius 1 is 1.04 bits per heavy atom. The van der Waals surface area contributed by atoms with Gasteiger partial charge in [0.1, 0.15) is 0 Å². The first-order chi connectivity index (χ1) is 12.6. The van der Waals surface area contributed by atoms with Gasteiger partial charge in [0.05, 0.1) is 6.04 Å². The third-order valence-electron chi connectivity index (χ3n) is 5.08. The van der Waals surface area contributed by atoms with Gasteiger partial charge in [-0.25, -0.2) is 0 Å². The molecule has 0 saturated carbocycles. The first-order valence-corrected chi connectivity index (χ1v) is 9.20. The number of carbonyl (C=O) groups excluding carboxylic acids is 2. The van der Waals surface area contributed by atoms with E-state index in [2.05, 4.69) is 19.1 Å². The van der Waals surface area contributed by atoms with E-state index < -0.39 is 0 Å². The van der Waals surface area contributed by atoms with E-state index in [4.69, 9.17) is 0 Å². The van der Waals surface area contributed by atoms with E-state index in [0.717, 1.165) is 12.1 Å². The number of likely N-dealkylation sites (tertiary alicyclic amines) is 1. The number of benzene rings is 2. The average molecular weight is 350 g/mol. The van der Waals surface area contributed by atoms with Crippen molar-refractivity contribution in [1.82, 2.24) is 9.80 Å². The summed E-state index contributed by atoms with van der Waals surface area (Å²) in [7, 11) is 0. The summed E-state index contributed by atoms with van der Waals surface area (Å²) >= 11 is 0. The maximum absolute atomic E-state index is 12.7. The summed E-state index contributed by atoms with van der Waals surface area (Å²) in [5.41, 5.74) is 2.27. The first-order valence-electron chi connectivity index (χ1n) is 9.20. The van der Waals surface area contributed by atoms with Crippen molar-refractivity contribution < 1.29 is 9.59 Å². The van der Waals surface area contributed by atoms with Crippen molar-refractivity contribution in [1.29, 1.82) is 0 Å². The molecule has 0 aliphatic carbocycles. The lowest BCUT2D eigenvalue weighted by Gasteiger charge is -2.47. The van der Waals surface area contributed by atoms with Crippen LogP contribution in [0.3, 0.4) is 0 Å². The van der Waals surface area contributed by atoms with Crippen LogP contribution in [0, 0.1) is 5.92 Å². The molecule has 4 nitrogen and oxygen atoms in total. The average Bonchev–Trinajstić information content (AvgIpc) is 2.64. The maximum Gasteiger partial charge on any atom is 0.224 e. The van der Waals surface area contributed by atoms with Crippen LogP contribution in [0.2, 0.25) is 0 Å². The molecule has 0 spiro atoms. The van der Waals surface area contributed by atoms with Crippen molar-refractivity contribution in [2.45, 2.75) is 32.9 Å². The molecule has 2 aromatic carbocycles. The quantitative estimate of drug-likeness (QED) is 0.798. The van der Waals surface area contributed by atoms with Gasteiger partial charge in [-0.15, -0.1) is 0 Å². The minimum absolute atomic E-state index is 0.00163. The minimum atomic E-state index is -0.00163. The zero-order chi connectivity index (χ0) is 18.5. The fraction of sp³-hybridized carbons (Fsp3) is 0.364. The van der Waals surface area contributed by atoms with Gasteiger partial charge in [0.15, 0.2) is 0 Å². The Morgan fingerprint density at radius 2 is 1.65 bits per heavy atom. The monoisotopic (exact) mass is 350 g/mol. The number of amides is 2. The van der Waals surface area contributed by atoms with Crippen LogP contribution in [0.1, 0.15) is 37.4 Å². The number of hydrogen-bond acceptors (Lipinski definition) is 2. The van der Waals surface area contributed by atoms with E-state index >= 15 is 0 Å². The molecule has 2 unspecified atom stereocenters. The van der Waals surface area contributed by atoms with E-state index in [-0.39, 0.29) is 17.9 Å². The Bertz CT molecular complexity index is 745. The molecule has 0 radical (unpaired) electrons. The van der Waals surface area contributed by atoms with E-state index in [0.29, 0.717) is 25.4 Å². The Labute approximate surface area is 155 Å². The van der Waals surface area contributed by atoms with Crippen LogP contribution in [-0.4, -0.2) is 34.7 Å². The van der Waals surface area contributed by atoms with E-state index in [9.17, 15) is 9.59 Å². The van der Waals surface area contributed by atoms with Crippen LogP contribution in [0.25, 0.3) is 0 Å². The van der Waals surface area contributed by atoms with Crippen LogP contribution in [0.5, 0.6) is 0 Å². The zero-order valence-corrected chi connectivity index (χ0v) is 15.5. The number of rotatable bonds is 6. The first kappa shape index (κ1) is 18.2. The number of hydrogen-bond donors (Lipinski definition) is 0. The second-order valence-corrected chi connectivity index (χ2v) is 7.06. The molecule has 0 bridgehead atoms. The topological polar surface area (TPSA) is 40.6 Å². The van der Waals surface area contributed by atoms with Gasteiger partial charge in [0.2, 0.25) is 11.8 Å². The van der Waals surface area contributed by atoms with Crippen LogP contribution >= 0.6 is 0 Å². The summed E-state index contributed by atoms with van der Waals surface area (Å²) in [4.78, 5) is 28.4. The smallest absolute Gasteiger partial charge is 0.224 e. The lowest BCUT2D eigenvalue weighted by Crippen LogP contribution is -2.52. The summed E-state index contributed by atoms with van der Waals surface area (Å²) in [6.07, 6.45) is 0.364. The third-order valence-corrected chi connectivity index (χ3v) is 5.08. The lowest BCUT2D eigenvalue weighted by molar-refractivity contribution is -0.144. The molecule has 1 saturated heterocycles. The van der Waals surface area contributed by atoms with Gasteiger partial charge >= 0.3 is 0 Å². The van der Waals surface area contributed by atoms with Crippen LogP contribution in [0.15, 0.2) is 60.7 Å². The lowest BCUT2D eigenvalue weighted by atomic mass is 9.84. The highest BCUT2D eigenvalue weighted by atomic mass is 16.2. The van der Waals surface area contributed by atoms with Crippen molar-refractivity contribution in [2.75, 3.05) is 13.1 Å². The van der Waals surface area contributed by atoms with Gasteiger partial charge in [-0.05, 0) is 17.0 Å². The molecule has 3 rings (SSSR count). The summed E-state index contributed by atoms with van der Waals surface area (Å²) < 4.78 is 0. The van der Waals surface area contributed by atoms with Crippen molar-refractivity contribution in [3.8, 4) is 0 Å². The van der Waals surface area contributed by atoms with Gasteiger partial charge in [-0.3, -0.25) is 9.59 Å². The molecule has 4 heteroatoms. The maximum atomic E-state index is 12.7. The Balaban J connectivity index is 1.59. The molecule has 26 heavy (non-hydrogen) atoms. The standard InChI is InChI=1S/C22H26N2O2/c1-17-15-24(22(17)20-11-7-4-8-12-20)21(26)13-14-23(18(2)25)16-19-9-5-3-6-10-19/h3-12,17,22H,13-16H2,1-2H3. The van der Waals surface area contributed by atoms with Gasteiger partial charge in [-0.1, -0.05) is 67.6 Å². The molecular formula is C22H26N2O2. The molecule has 136 valence electrons. The van der Waals surface area contributed by atoms with Crippen LogP contribution in [0.4, 0.5) is 0 Å². The predicted molar refractivity (Wildman–Crippen MR) is 102 cm³/mol. The molecule has 2 amide bonds. The second kappa shape index (κ2) is 8.17. The third kappa shape index (κ3) is 4.13. The van der Waals surface area contributed by atoms with Crippen LogP contribution < -0.4 is 0 Å². The fourth-order valence-electron chi connectivity index (χ4n) is 3.63. The SMILES string of the molecule is CC(=O)N(CCC(=O)N1CC(C)C1c1ccccc1)Cc1ccccc1. The summed E-state index contributed by atoms with van der Waals surface area (Å²) in [6, 6.07) is 20.2. The Kier molecular flexibility index (Phi) is 5.71. The molecule has 2 aromatic rings. The van der Waals surface area contributed by atoms with Crippen molar-refractivity contribution in [3.63, 3.8) is 0 Å². The second-order valence-electron chi connectivity index (χ2n) is 7.06. The summed E-state index contributed by atoms with van der Waals surface area (Å²) in [5.74, 6) is 0.587. The highest BCUT2D eigenvalue weighted by Gasteiger charge is 2.39. The molecular weight excluding hydrogens is 324 g/mol. The normalized spacial score (nSPS) is 18.9. The summed E-state index contributed by atoms with van der Waals surface area (Å²) in [6.45, 7) is 5.53. The molecule has 1 aliphatic rings. The van der Waals surface area contributed by atoms with Crippen molar-refractivity contribution >= 4 is 11.8 Å². The Morgan fingerprint density at radius 3 is 2.23 bits per heavy atom. The van der Waals surface area contributed by atoms with E-state index in [1.54, 1.807) is 11.8 Å². The van der Waals surface area contributed by atoms with E-state index in [1.807, 2.05) is 53.4 Å². The molecule has 1 heterocycles. The predicted octanol–water partition coefficient (Wildman–Crippen LogP) is 3.64. The number of carbonyl (C=O) groups is 2. The molecule has 0 aromatic heterocycles. The molecule has 1 fully saturated rings. The van der Waals surface area contributed by atoms with Crippen molar-refractivity contribution in [3.05, 3.63) is 71.8 Å². The van der Waals surface area contributed by atoms with E-state index in [1.165, 1.54) is 5.56 Å². The zero-order valence-electron chi connectivity index (χ0n) is 15.5. The van der Waals surface area contributed by atoms with Gasteiger partial charge < -0.3 is 9.80 Å². The highest BCUT2D eigenvalue weighted by Crippen LogP contribution is 2.38. The summed E-state index contributed by atoms with van der Waals surface area (Å²) in [5, 5.41) is 0. The fourth-order valence-corrected chi connectivity index (χ4v) is 3.63. The highest BCUT2D eigenvalue weighted by molar-refractivity contribution is 5.79. The van der Waals surface area contributed by atoms with Crippen molar-refractivity contribution in [2.24, 2.45) is 5.92 Å². The minimum Gasteiger partial charge on any atom is -0.338 e. The molecule has 0 N–H and O–H groups in total. The molecule has 1 aliphatic heterocycles. The number of nitrogens with zero attached hydrogens (tertiary/aromatic N) is 2.